The molecule has 2 heterocycles. The molecule has 0 saturated carbocycles. The third kappa shape index (κ3) is 11.8. The number of unbranched alkanes of at least 4 members (excludes halogenated alkanes) is 3. The number of hydrogen-bond donors (Lipinski definition) is 4. The predicted octanol–water partition coefficient (Wildman–Crippen LogP) is 7.12. The van der Waals surface area contributed by atoms with Crippen molar-refractivity contribution in [3.05, 3.63) is 95.1 Å². The number of hydroxylamine groups is 1. The molecule has 9 nitrogen and oxygen atoms in total. The number of aliphatic hydroxyl groups is 1. The summed E-state index contributed by atoms with van der Waals surface area (Å²) in [6.45, 7) is 3.59. The van der Waals surface area contributed by atoms with E-state index in [9.17, 15) is 14.7 Å². The SMILES string of the molecule is O=C(CCCCCCC(=O)NCc1cccc(-c2cccc(C3OC(CN4CCCCCCC4)CC(c4ccc(CO)cc4)O3)c2)c1)NO. The van der Waals surface area contributed by atoms with Crippen molar-refractivity contribution in [1.29, 1.82) is 0 Å². The highest BCUT2D eigenvalue weighted by Gasteiger charge is 2.33. The first-order valence-electron chi connectivity index (χ1n) is 18.1. The summed E-state index contributed by atoms with van der Waals surface area (Å²) in [5.41, 5.74) is 7.75. The van der Waals surface area contributed by atoms with Gasteiger partial charge in [0.05, 0.1) is 18.8 Å². The standard InChI is InChI=1S/C40H53N3O6/c44-29-30-18-20-32(21-19-30)37-26-36(28-43-22-8-4-1-5-9-23-43)48-40(49-37)35-15-11-14-34(25-35)33-13-10-12-31(24-33)27-41-38(45)16-6-2-3-7-17-39(46)42-47/h10-15,18-21,24-25,36-37,40,44,47H,1-9,16-17,22-23,26-29H2,(H,41,45)(H,42,46). The maximum Gasteiger partial charge on any atom is 0.243 e. The molecule has 3 aromatic carbocycles. The maximum absolute atomic E-state index is 12.5. The van der Waals surface area contributed by atoms with Gasteiger partial charge in [-0.2, -0.15) is 0 Å². The second kappa shape index (κ2) is 19.6. The molecule has 9 heteroatoms. The summed E-state index contributed by atoms with van der Waals surface area (Å²) in [5.74, 6) is -0.363. The third-order valence-corrected chi connectivity index (χ3v) is 9.62. The fraction of sp³-hybridized carbons (Fsp3) is 0.500. The highest BCUT2D eigenvalue weighted by atomic mass is 16.7. The van der Waals surface area contributed by atoms with E-state index in [1.807, 2.05) is 24.3 Å². The number of ether oxygens (including phenoxy) is 2. The summed E-state index contributed by atoms with van der Waals surface area (Å²) in [6.07, 6.45) is 10.5. The van der Waals surface area contributed by atoms with Crippen LogP contribution in [0.5, 0.6) is 0 Å². The number of carbonyl (C=O) groups excluding carboxylic acids is 2. The number of aliphatic hydroxyl groups excluding tert-OH is 1. The number of hydrogen-bond acceptors (Lipinski definition) is 7. The van der Waals surface area contributed by atoms with Crippen LogP contribution in [0.3, 0.4) is 0 Å². The van der Waals surface area contributed by atoms with Gasteiger partial charge in [0.15, 0.2) is 6.29 Å². The second-order valence-electron chi connectivity index (χ2n) is 13.5. The Morgan fingerprint density at radius 1 is 0.735 bits per heavy atom. The zero-order valence-electron chi connectivity index (χ0n) is 28.7. The quantitative estimate of drug-likeness (QED) is 0.0772. The lowest BCUT2D eigenvalue weighted by atomic mass is 9.98. The molecular weight excluding hydrogens is 618 g/mol. The van der Waals surface area contributed by atoms with Gasteiger partial charge >= 0.3 is 0 Å². The Hall–Kier alpha value is -3.60. The molecule has 3 aromatic rings. The van der Waals surface area contributed by atoms with Crippen molar-refractivity contribution < 1.29 is 29.4 Å². The molecule has 264 valence electrons. The zero-order chi connectivity index (χ0) is 34.3. The van der Waals surface area contributed by atoms with E-state index in [1.54, 1.807) is 5.48 Å². The van der Waals surface area contributed by atoms with E-state index in [2.05, 4.69) is 58.7 Å². The minimum atomic E-state index is -0.509. The molecule has 3 atom stereocenters. The minimum Gasteiger partial charge on any atom is -0.392 e. The molecule has 3 unspecified atom stereocenters. The number of benzene rings is 3. The Bertz CT molecular complexity index is 1460. The number of rotatable bonds is 15. The maximum atomic E-state index is 12.5. The Labute approximate surface area is 291 Å². The van der Waals surface area contributed by atoms with E-state index in [0.29, 0.717) is 25.8 Å². The lowest BCUT2D eigenvalue weighted by Crippen LogP contribution is -2.40. The van der Waals surface area contributed by atoms with Crippen LogP contribution in [0.25, 0.3) is 11.1 Å². The van der Waals surface area contributed by atoms with Gasteiger partial charge in [-0.05, 0) is 78.7 Å². The smallest absolute Gasteiger partial charge is 0.243 e. The van der Waals surface area contributed by atoms with Crippen LogP contribution in [0, 0.1) is 0 Å². The number of nitrogens with one attached hydrogen (secondary N) is 2. The molecule has 4 N–H and O–H groups in total. The van der Waals surface area contributed by atoms with Gasteiger partial charge in [0.1, 0.15) is 0 Å². The number of carbonyl (C=O) groups is 2. The van der Waals surface area contributed by atoms with E-state index in [4.69, 9.17) is 14.7 Å². The van der Waals surface area contributed by atoms with Crippen molar-refractivity contribution in [3.8, 4) is 11.1 Å². The molecule has 2 fully saturated rings. The molecular formula is C40H53N3O6. The fourth-order valence-electron chi connectivity index (χ4n) is 6.81. The molecule has 2 amide bonds. The topological polar surface area (TPSA) is 120 Å². The van der Waals surface area contributed by atoms with Gasteiger partial charge in [-0.25, -0.2) is 5.48 Å². The Kier molecular flexibility index (Phi) is 14.6. The zero-order valence-corrected chi connectivity index (χ0v) is 28.7. The Morgan fingerprint density at radius 3 is 2.12 bits per heavy atom. The van der Waals surface area contributed by atoms with E-state index in [1.165, 1.54) is 32.1 Å². The van der Waals surface area contributed by atoms with E-state index < -0.39 is 6.29 Å². The van der Waals surface area contributed by atoms with Crippen LogP contribution < -0.4 is 10.8 Å². The average Bonchev–Trinajstić information content (AvgIpc) is 3.13. The number of nitrogens with zero attached hydrogens (tertiary/aromatic N) is 1. The molecule has 0 aliphatic carbocycles. The summed E-state index contributed by atoms with van der Waals surface area (Å²) in [7, 11) is 0. The Morgan fingerprint density at radius 2 is 1.41 bits per heavy atom. The highest BCUT2D eigenvalue weighted by Crippen LogP contribution is 2.39. The minimum absolute atomic E-state index is 0.0120. The van der Waals surface area contributed by atoms with Crippen molar-refractivity contribution in [3.63, 3.8) is 0 Å². The van der Waals surface area contributed by atoms with E-state index in [0.717, 1.165) is 78.7 Å². The highest BCUT2D eigenvalue weighted by molar-refractivity contribution is 5.76. The lowest BCUT2D eigenvalue weighted by molar-refractivity contribution is -0.253. The van der Waals surface area contributed by atoms with Crippen LogP contribution in [0.4, 0.5) is 0 Å². The molecule has 0 aromatic heterocycles. The van der Waals surface area contributed by atoms with Crippen LogP contribution in [0.2, 0.25) is 0 Å². The van der Waals surface area contributed by atoms with Gasteiger partial charge in [-0.3, -0.25) is 14.8 Å². The average molecular weight is 672 g/mol. The first kappa shape index (κ1) is 36.7. The lowest BCUT2D eigenvalue weighted by Gasteiger charge is -2.39. The number of amides is 2. The van der Waals surface area contributed by atoms with Crippen LogP contribution in [0.15, 0.2) is 72.8 Å². The van der Waals surface area contributed by atoms with Gasteiger partial charge in [-0.15, -0.1) is 0 Å². The van der Waals surface area contributed by atoms with Crippen molar-refractivity contribution in [2.24, 2.45) is 0 Å². The summed E-state index contributed by atoms with van der Waals surface area (Å²) in [4.78, 5) is 26.1. The molecule has 0 radical (unpaired) electrons. The van der Waals surface area contributed by atoms with Gasteiger partial charge < -0.3 is 24.8 Å². The normalized spacial score (nSPS) is 20.2. The summed E-state index contributed by atoms with van der Waals surface area (Å²) in [6, 6.07) is 24.7. The fourth-order valence-corrected chi connectivity index (χ4v) is 6.81. The van der Waals surface area contributed by atoms with Gasteiger partial charge in [0, 0.05) is 37.9 Å². The van der Waals surface area contributed by atoms with Gasteiger partial charge in [0.25, 0.3) is 0 Å². The molecule has 5 rings (SSSR count). The Balaban J connectivity index is 1.22. The summed E-state index contributed by atoms with van der Waals surface area (Å²) >= 11 is 0. The van der Waals surface area contributed by atoms with Crippen LogP contribution >= 0.6 is 0 Å². The molecule has 49 heavy (non-hydrogen) atoms. The van der Waals surface area contributed by atoms with Gasteiger partial charge in [0.2, 0.25) is 11.8 Å². The van der Waals surface area contributed by atoms with Crippen LogP contribution in [0.1, 0.15) is 112 Å². The van der Waals surface area contributed by atoms with Crippen molar-refractivity contribution in [1.82, 2.24) is 15.7 Å². The van der Waals surface area contributed by atoms with Crippen molar-refractivity contribution in [2.45, 2.75) is 109 Å². The number of likely N-dealkylation sites (tertiary alicyclic amines) is 1. The van der Waals surface area contributed by atoms with E-state index >= 15 is 0 Å². The molecule has 0 bridgehead atoms. The first-order chi connectivity index (χ1) is 24.0. The summed E-state index contributed by atoms with van der Waals surface area (Å²) in [5, 5.41) is 21.2. The van der Waals surface area contributed by atoms with Crippen LogP contribution in [-0.2, 0) is 32.2 Å². The van der Waals surface area contributed by atoms with Crippen LogP contribution in [-0.4, -0.2) is 52.8 Å². The predicted molar refractivity (Wildman–Crippen MR) is 189 cm³/mol. The van der Waals surface area contributed by atoms with E-state index in [-0.39, 0.29) is 30.6 Å². The largest absolute Gasteiger partial charge is 0.392 e. The third-order valence-electron chi connectivity index (χ3n) is 9.62. The summed E-state index contributed by atoms with van der Waals surface area (Å²) < 4.78 is 13.4. The molecule has 0 spiro atoms. The first-order valence-corrected chi connectivity index (χ1v) is 18.1. The van der Waals surface area contributed by atoms with Crippen molar-refractivity contribution in [2.75, 3.05) is 19.6 Å². The monoisotopic (exact) mass is 671 g/mol. The molecule has 2 aliphatic heterocycles. The van der Waals surface area contributed by atoms with Crippen molar-refractivity contribution >= 4 is 11.8 Å². The van der Waals surface area contributed by atoms with Gasteiger partial charge in [-0.1, -0.05) is 92.8 Å². The second-order valence-corrected chi connectivity index (χ2v) is 13.5. The molecule has 2 aliphatic rings. The molecule has 2 saturated heterocycles.